The maximum absolute atomic E-state index is 13.5. The number of amides is 1. The van der Waals surface area contributed by atoms with E-state index < -0.39 is 0 Å². The van der Waals surface area contributed by atoms with E-state index in [0.29, 0.717) is 12.1 Å². The summed E-state index contributed by atoms with van der Waals surface area (Å²) in [5.74, 6) is -0.155. The quantitative estimate of drug-likeness (QED) is 0.439. The number of piperazine rings is 1. The van der Waals surface area contributed by atoms with Gasteiger partial charge < -0.3 is 15.1 Å². The highest BCUT2D eigenvalue weighted by Gasteiger charge is 2.19. The predicted molar refractivity (Wildman–Crippen MR) is 142 cm³/mol. The molecule has 0 atom stereocenters. The van der Waals surface area contributed by atoms with Gasteiger partial charge in [-0.05, 0) is 50.2 Å². The van der Waals surface area contributed by atoms with Crippen molar-refractivity contribution in [1.29, 1.82) is 0 Å². The van der Waals surface area contributed by atoms with Gasteiger partial charge in [0.2, 0.25) is 0 Å². The maximum Gasteiger partial charge on any atom is 0.256 e. The van der Waals surface area contributed by atoms with E-state index >= 15 is 0 Å². The monoisotopic (exact) mass is 468 g/mol. The molecule has 4 aromatic rings. The number of hydrogen-bond donors (Lipinski definition) is 1. The van der Waals surface area contributed by atoms with E-state index in [0.717, 1.165) is 66.3 Å². The van der Waals surface area contributed by atoms with Gasteiger partial charge in [0.1, 0.15) is 0 Å². The van der Waals surface area contributed by atoms with Crippen molar-refractivity contribution in [2.75, 3.05) is 42.9 Å². The van der Waals surface area contributed by atoms with Crippen molar-refractivity contribution < 1.29 is 4.79 Å². The van der Waals surface area contributed by atoms with Crippen LogP contribution in [0.15, 0.2) is 60.8 Å². The Morgan fingerprint density at radius 2 is 1.74 bits per heavy atom. The molecule has 1 fully saturated rings. The third kappa shape index (κ3) is 4.64. The smallest absolute Gasteiger partial charge is 0.256 e. The summed E-state index contributed by atoms with van der Waals surface area (Å²) in [7, 11) is 0. The first-order valence-corrected chi connectivity index (χ1v) is 12.4. The molecule has 1 N–H and O–H groups in total. The topological polar surface area (TPSA) is 66.3 Å². The third-order valence-electron chi connectivity index (χ3n) is 6.87. The second kappa shape index (κ2) is 9.88. The number of carbonyl (C=O) groups is 1. The first kappa shape index (κ1) is 23.1. The maximum atomic E-state index is 13.5. The molecule has 0 unspecified atom stereocenters. The Bertz CT molecular complexity index is 1340. The zero-order chi connectivity index (χ0) is 24.4. The van der Waals surface area contributed by atoms with Gasteiger partial charge in [-0.25, -0.2) is 9.67 Å². The van der Waals surface area contributed by atoms with Gasteiger partial charge in [0.15, 0.2) is 5.65 Å². The molecule has 7 heteroatoms. The van der Waals surface area contributed by atoms with Crippen molar-refractivity contribution in [1.82, 2.24) is 19.7 Å². The van der Waals surface area contributed by atoms with Crippen molar-refractivity contribution in [2.24, 2.45) is 0 Å². The number of aryl methyl sites for hydroxylation is 2. The summed E-state index contributed by atoms with van der Waals surface area (Å²) in [6.07, 6.45) is 1.74. The van der Waals surface area contributed by atoms with Crippen LogP contribution in [-0.4, -0.2) is 58.3 Å². The zero-order valence-electron chi connectivity index (χ0n) is 20.7. The number of aromatic nitrogens is 3. The van der Waals surface area contributed by atoms with E-state index in [4.69, 9.17) is 4.98 Å². The van der Waals surface area contributed by atoms with E-state index in [1.165, 1.54) is 5.69 Å². The van der Waals surface area contributed by atoms with E-state index in [2.05, 4.69) is 39.3 Å². The first-order chi connectivity index (χ1) is 17.1. The Kier molecular flexibility index (Phi) is 6.51. The molecule has 2 aromatic carbocycles. The Hall–Kier alpha value is -3.71. The molecule has 0 spiro atoms. The molecule has 35 heavy (non-hydrogen) atoms. The van der Waals surface area contributed by atoms with Gasteiger partial charge in [-0.3, -0.25) is 4.79 Å². The van der Waals surface area contributed by atoms with Gasteiger partial charge in [-0.15, -0.1) is 0 Å². The largest absolute Gasteiger partial charge is 0.369 e. The molecule has 0 aliphatic carbocycles. The summed E-state index contributed by atoms with van der Waals surface area (Å²) in [4.78, 5) is 23.2. The minimum atomic E-state index is -0.155. The van der Waals surface area contributed by atoms with Crippen LogP contribution in [0.4, 0.5) is 11.4 Å². The number of carbonyl (C=O) groups excluding carboxylic acids is 1. The summed E-state index contributed by atoms with van der Waals surface area (Å²) in [6, 6.07) is 18.1. The molecule has 3 heterocycles. The minimum Gasteiger partial charge on any atom is -0.369 e. The summed E-state index contributed by atoms with van der Waals surface area (Å²) < 4.78 is 1.83. The van der Waals surface area contributed by atoms with E-state index in [-0.39, 0.29) is 5.91 Å². The van der Waals surface area contributed by atoms with Crippen molar-refractivity contribution in [3.8, 4) is 11.3 Å². The molecular weight excluding hydrogens is 436 g/mol. The van der Waals surface area contributed by atoms with Crippen LogP contribution in [0.2, 0.25) is 0 Å². The van der Waals surface area contributed by atoms with Crippen LogP contribution < -0.4 is 10.2 Å². The highest BCUT2D eigenvalue weighted by Crippen LogP contribution is 2.28. The Morgan fingerprint density at radius 1 is 0.971 bits per heavy atom. The first-order valence-electron chi connectivity index (χ1n) is 12.4. The molecule has 0 bridgehead atoms. The second-order valence-electron chi connectivity index (χ2n) is 8.99. The molecule has 5 rings (SSSR count). The predicted octanol–water partition coefficient (Wildman–Crippen LogP) is 4.82. The second-order valence-corrected chi connectivity index (χ2v) is 8.99. The lowest BCUT2D eigenvalue weighted by molar-refractivity contribution is 0.102. The summed E-state index contributed by atoms with van der Waals surface area (Å²) >= 11 is 0. The van der Waals surface area contributed by atoms with Crippen molar-refractivity contribution in [3.63, 3.8) is 0 Å². The number of pyridine rings is 1. The van der Waals surface area contributed by atoms with Crippen LogP contribution >= 0.6 is 0 Å². The molecule has 1 amide bonds. The average Bonchev–Trinajstić information content (AvgIpc) is 3.33. The zero-order valence-corrected chi connectivity index (χ0v) is 20.7. The Morgan fingerprint density at radius 3 is 2.43 bits per heavy atom. The van der Waals surface area contributed by atoms with Crippen molar-refractivity contribution >= 4 is 28.3 Å². The van der Waals surface area contributed by atoms with Crippen molar-refractivity contribution in [3.05, 3.63) is 71.9 Å². The normalized spacial score (nSPS) is 14.4. The summed E-state index contributed by atoms with van der Waals surface area (Å²) in [5, 5.41) is 8.35. The molecular formula is C28H32N6O. The molecule has 180 valence electrons. The van der Waals surface area contributed by atoms with Gasteiger partial charge in [-0.1, -0.05) is 37.3 Å². The van der Waals surface area contributed by atoms with Gasteiger partial charge in [-0.2, -0.15) is 5.10 Å². The number of benzene rings is 2. The summed E-state index contributed by atoms with van der Waals surface area (Å²) in [5.41, 5.74) is 6.10. The molecule has 2 aromatic heterocycles. The number of rotatable bonds is 6. The highest BCUT2D eigenvalue weighted by atomic mass is 16.1. The van der Waals surface area contributed by atoms with Gasteiger partial charge in [0.05, 0.1) is 22.8 Å². The van der Waals surface area contributed by atoms with Gasteiger partial charge in [0, 0.05) is 49.7 Å². The number of anilines is 2. The average molecular weight is 469 g/mol. The van der Waals surface area contributed by atoms with Crippen LogP contribution in [0.25, 0.3) is 22.3 Å². The number of likely N-dealkylation sites (N-methyl/N-ethyl adjacent to an activating group) is 1. The van der Waals surface area contributed by atoms with Gasteiger partial charge >= 0.3 is 0 Å². The molecule has 7 nitrogen and oxygen atoms in total. The SMILES string of the molecule is CCN1CCN(c2ccc(NC(=O)c3cc(-c4ccccc4)nc4c3cnn4CC)c(C)c2)CC1. The lowest BCUT2D eigenvalue weighted by Crippen LogP contribution is -2.46. The fourth-order valence-electron chi connectivity index (χ4n) is 4.72. The van der Waals surface area contributed by atoms with Crippen LogP contribution in [-0.2, 0) is 6.54 Å². The summed E-state index contributed by atoms with van der Waals surface area (Å²) in [6.45, 7) is 12.3. The van der Waals surface area contributed by atoms with Crippen LogP contribution in [0.1, 0.15) is 29.8 Å². The van der Waals surface area contributed by atoms with Crippen LogP contribution in [0.5, 0.6) is 0 Å². The molecule has 1 aliphatic rings. The highest BCUT2D eigenvalue weighted by molar-refractivity contribution is 6.13. The Labute approximate surface area is 206 Å². The van der Waals surface area contributed by atoms with Gasteiger partial charge in [0.25, 0.3) is 5.91 Å². The minimum absolute atomic E-state index is 0.155. The lowest BCUT2D eigenvalue weighted by atomic mass is 10.1. The van der Waals surface area contributed by atoms with E-state index in [1.54, 1.807) is 6.20 Å². The molecule has 0 saturated carbocycles. The van der Waals surface area contributed by atoms with Crippen LogP contribution in [0, 0.1) is 6.92 Å². The number of nitrogens with zero attached hydrogens (tertiary/aromatic N) is 5. The van der Waals surface area contributed by atoms with E-state index in [9.17, 15) is 4.79 Å². The lowest BCUT2D eigenvalue weighted by Gasteiger charge is -2.35. The number of hydrogen-bond acceptors (Lipinski definition) is 5. The molecule has 1 aliphatic heterocycles. The molecule has 0 radical (unpaired) electrons. The third-order valence-corrected chi connectivity index (χ3v) is 6.87. The van der Waals surface area contributed by atoms with Crippen LogP contribution in [0.3, 0.4) is 0 Å². The fourth-order valence-corrected chi connectivity index (χ4v) is 4.72. The standard InChI is InChI=1S/C28H32N6O/c1-4-32-13-15-33(16-14-32)22-11-12-25(20(3)17-22)31-28(35)23-18-26(21-9-7-6-8-10-21)30-27-24(23)19-29-34(27)5-2/h6-12,17-19H,4-5,13-16H2,1-3H3,(H,31,35). The number of fused-ring (bicyclic) bond motifs is 1. The van der Waals surface area contributed by atoms with Crippen molar-refractivity contribution in [2.45, 2.75) is 27.3 Å². The fraction of sp³-hybridized carbons (Fsp3) is 0.321. The molecule has 1 saturated heterocycles. The number of nitrogens with one attached hydrogen (secondary N) is 1. The van der Waals surface area contributed by atoms with E-state index in [1.807, 2.05) is 61.0 Å². The Balaban J connectivity index is 1.43.